The molecular formula is C24H19N3O5. The number of anilines is 1. The van der Waals surface area contributed by atoms with Gasteiger partial charge in [0.1, 0.15) is 0 Å². The van der Waals surface area contributed by atoms with Crippen molar-refractivity contribution in [1.82, 2.24) is 4.98 Å². The SMILES string of the molecule is COc1ccc(-c2cc(C(=O)Nc3ccc([N+](=O)[O-])cc3)c3ccccc3n2)cc1OC. The largest absolute Gasteiger partial charge is 0.493 e. The minimum absolute atomic E-state index is 0.0481. The third-order valence-corrected chi connectivity index (χ3v) is 4.98. The smallest absolute Gasteiger partial charge is 0.269 e. The molecule has 8 nitrogen and oxygen atoms in total. The molecule has 0 spiro atoms. The van der Waals surface area contributed by atoms with Crippen LogP contribution in [0.2, 0.25) is 0 Å². The third kappa shape index (κ3) is 4.06. The Bertz CT molecular complexity index is 1320. The molecule has 0 atom stereocenters. The predicted molar refractivity (Wildman–Crippen MR) is 121 cm³/mol. The molecule has 0 aliphatic rings. The Balaban J connectivity index is 1.75. The molecule has 160 valence electrons. The zero-order valence-electron chi connectivity index (χ0n) is 17.4. The van der Waals surface area contributed by atoms with Gasteiger partial charge in [-0.3, -0.25) is 14.9 Å². The van der Waals surface area contributed by atoms with Gasteiger partial charge in [-0.25, -0.2) is 4.98 Å². The molecule has 0 bridgehead atoms. The van der Waals surface area contributed by atoms with E-state index in [1.807, 2.05) is 30.3 Å². The van der Waals surface area contributed by atoms with E-state index in [-0.39, 0.29) is 11.6 Å². The van der Waals surface area contributed by atoms with Crippen molar-refractivity contribution in [2.75, 3.05) is 19.5 Å². The van der Waals surface area contributed by atoms with Gasteiger partial charge >= 0.3 is 0 Å². The molecule has 0 aliphatic heterocycles. The van der Waals surface area contributed by atoms with E-state index in [0.717, 1.165) is 5.56 Å². The van der Waals surface area contributed by atoms with E-state index in [2.05, 4.69) is 5.32 Å². The average Bonchev–Trinajstić information content (AvgIpc) is 2.83. The number of nitrogens with zero attached hydrogens (tertiary/aromatic N) is 2. The summed E-state index contributed by atoms with van der Waals surface area (Å²) in [4.78, 5) is 28.2. The van der Waals surface area contributed by atoms with Crippen LogP contribution in [0.4, 0.5) is 11.4 Å². The number of carbonyl (C=O) groups is 1. The number of aromatic nitrogens is 1. The Morgan fingerprint density at radius 3 is 2.34 bits per heavy atom. The van der Waals surface area contributed by atoms with Crippen molar-refractivity contribution in [3.05, 3.63) is 88.5 Å². The summed E-state index contributed by atoms with van der Waals surface area (Å²) in [5, 5.41) is 14.3. The minimum atomic E-state index is -0.489. The van der Waals surface area contributed by atoms with Crippen LogP contribution >= 0.6 is 0 Å². The van der Waals surface area contributed by atoms with Gasteiger partial charge in [0, 0.05) is 28.8 Å². The molecular weight excluding hydrogens is 410 g/mol. The maximum Gasteiger partial charge on any atom is 0.269 e. The molecule has 32 heavy (non-hydrogen) atoms. The first-order chi connectivity index (χ1) is 15.5. The lowest BCUT2D eigenvalue weighted by molar-refractivity contribution is -0.384. The van der Waals surface area contributed by atoms with Crippen LogP contribution in [0.25, 0.3) is 22.2 Å². The standard InChI is InChI=1S/C24H19N3O5/c1-31-22-12-7-15(13-23(22)32-2)21-14-19(18-5-3-4-6-20(18)26-21)24(28)25-16-8-10-17(11-9-16)27(29)30/h3-14H,1-2H3,(H,25,28). The highest BCUT2D eigenvalue weighted by atomic mass is 16.6. The summed E-state index contributed by atoms with van der Waals surface area (Å²) < 4.78 is 10.7. The molecule has 0 aliphatic carbocycles. The van der Waals surface area contributed by atoms with Gasteiger partial charge in [0.2, 0.25) is 0 Å². The number of methoxy groups -OCH3 is 2. The van der Waals surface area contributed by atoms with Crippen molar-refractivity contribution in [2.24, 2.45) is 0 Å². The highest BCUT2D eigenvalue weighted by Crippen LogP contribution is 2.33. The van der Waals surface area contributed by atoms with E-state index in [9.17, 15) is 14.9 Å². The fourth-order valence-electron chi connectivity index (χ4n) is 3.37. The first-order valence-corrected chi connectivity index (χ1v) is 9.68. The van der Waals surface area contributed by atoms with Crippen LogP contribution in [0.3, 0.4) is 0 Å². The summed E-state index contributed by atoms with van der Waals surface area (Å²) in [6, 6.07) is 20.2. The Morgan fingerprint density at radius 2 is 1.66 bits per heavy atom. The second-order valence-corrected chi connectivity index (χ2v) is 6.90. The number of carbonyl (C=O) groups excluding carboxylic acids is 1. The van der Waals surface area contributed by atoms with E-state index in [1.54, 1.807) is 32.4 Å². The number of para-hydroxylation sites is 1. The van der Waals surface area contributed by atoms with Crippen molar-refractivity contribution in [3.63, 3.8) is 0 Å². The van der Waals surface area contributed by atoms with E-state index in [1.165, 1.54) is 24.3 Å². The van der Waals surface area contributed by atoms with Gasteiger partial charge in [-0.15, -0.1) is 0 Å². The number of nitrogens with one attached hydrogen (secondary N) is 1. The topological polar surface area (TPSA) is 104 Å². The number of hydrogen-bond donors (Lipinski definition) is 1. The number of pyridine rings is 1. The lowest BCUT2D eigenvalue weighted by atomic mass is 10.0. The molecule has 4 aromatic rings. The summed E-state index contributed by atoms with van der Waals surface area (Å²) in [7, 11) is 3.12. The summed E-state index contributed by atoms with van der Waals surface area (Å²) in [5.74, 6) is 0.796. The highest BCUT2D eigenvalue weighted by molar-refractivity contribution is 6.13. The van der Waals surface area contributed by atoms with Gasteiger partial charge in [-0.05, 0) is 42.5 Å². The van der Waals surface area contributed by atoms with Gasteiger partial charge in [-0.1, -0.05) is 18.2 Å². The van der Waals surface area contributed by atoms with Crippen LogP contribution in [0.15, 0.2) is 72.8 Å². The number of nitro benzene ring substituents is 1. The monoisotopic (exact) mass is 429 g/mol. The lowest BCUT2D eigenvalue weighted by Crippen LogP contribution is -2.13. The van der Waals surface area contributed by atoms with Crippen LogP contribution in [-0.2, 0) is 0 Å². The molecule has 4 rings (SSSR count). The van der Waals surface area contributed by atoms with Crippen molar-refractivity contribution in [1.29, 1.82) is 0 Å². The quantitative estimate of drug-likeness (QED) is 0.339. The highest BCUT2D eigenvalue weighted by Gasteiger charge is 2.16. The average molecular weight is 429 g/mol. The van der Waals surface area contributed by atoms with Gasteiger partial charge < -0.3 is 14.8 Å². The first-order valence-electron chi connectivity index (χ1n) is 9.68. The molecule has 0 saturated heterocycles. The molecule has 1 N–H and O–H groups in total. The maximum absolute atomic E-state index is 13.1. The number of ether oxygens (including phenoxy) is 2. The zero-order chi connectivity index (χ0) is 22.7. The number of benzene rings is 3. The molecule has 0 unspecified atom stereocenters. The van der Waals surface area contributed by atoms with Crippen molar-refractivity contribution >= 4 is 28.2 Å². The fourth-order valence-corrected chi connectivity index (χ4v) is 3.37. The van der Waals surface area contributed by atoms with Gasteiger partial charge in [-0.2, -0.15) is 0 Å². The van der Waals surface area contributed by atoms with Crippen molar-refractivity contribution in [3.8, 4) is 22.8 Å². The Labute approximate surface area is 183 Å². The Hall–Kier alpha value is -4.46. The zero-order valence-corrected chi connectivity index (χ0v) is 17.4. The van der Waals surface area contributed by atoms with E-state index in [0.29, 0.717) is 39.3 Å². The van der Waals surface area contributed by atoms with Crippen LogP contribution in [0.1, 0.15) is 10.4 Å². The van der Waals surface area contributed by atoms with E-state index in [4.69, 9.17) is 14.5 Å². The molecule has 1 amide bonds. The number of amides is 1. The van der Waals surface area contributed by atoms with Gasteiger partial charge in [0.15, 0.2) is 11.5 Å². The van der Waals surface area contributed by atoms with Crippen molar-refractivity contribution in [2.45, 2.75) is 0 Å². The predicted octanol–water partition coefficient (Wildman–Crippen LogP) is 5.08. The molecule has 1 heterocycles. The number of rotatable bonds is 6. The molecule has 0 radical (unpaired) electrons. The molecule has 1 aromatic heterocycles. The lowest BCUT2D eigenvalue weighted by Gasteiger charge is -2.12. The number of non-ortho nitro benzene ring substituents is 1. The summed E-state index contributed by atoms with van der Waals surface area (Å²) in [6.07, 6.45) is 0. The molecule has 0 saturated carbocycles. The van der Waals surface area contributed by atoms with Crippen LogP contribution in [0, 0.1) is 10.1 Å². The van der Waals surface area contributed by atoms with Crippen LogP contribution in [0.5, 0.6) is 11.5 Å². The first kappa shape index (κ1) is 20.8. The van der Waals surface area contributed by atoms with Gasteiger partial charge in [0.25, 0.3) is 11.6 Å². The van der Waals surface area contributed by atoms with Crippen molar-refractivity contribution < 1.29 is 19.2 Å². The summed E-state index contributed by atoms with van der Waals surface area (Å²) in [5.41, 5.74) is 2.85. The Kier molecular flexibility index (Phi) is 5.67. The maximum atomic E-state index is 13.1. The second kappa shape index (κ2) is 8.73. The van der Waals surface area contributed by atoms with E-state index >= 15 is 0 Å². The summed E-state index contributed by atoms with van der Waals surface area (Å²) >= 11 is 0. The number of fused-ring (bicyclic) bond motifs is 1. The Morgan fingerprint density at radius 1 is 0.938 bits per heavy atom. The fraction of sp³-hybridized carbons (Fsp3) is 0.0833. The molecule has 3 aromatic carbocycles. The number of hydrogen-bond acceptors (Lipinski definition) is 6. The second-order valence-electron chi connectivity index (χ2n) is 6.90. The third-order valence-electron chi connectivity index (χ3n) is 4.98. The molecule has 0 fully saturated rings. The van der Waals surface area contributed by atoms with E-state index < -0.39 is 4.92 Å². The van der Waals surface area contributed by atoms with Gasteiger partial charge in [0.05, 0.1) is 35.9 Å². The van der Waals surface area contributed by atoms with Crippen LogP contribution < -0.4 is 14.8 Å². The normalized spacial score (nSPS) is 10.6. The number of nitro groups is 1. The van der Waals surface area contributed by atoms with Crippen LogP contribution in [-0.4, -0.2) is 30.0 Å². The minimum Gasteiger partial charge on any atom is -0.493 e. The molecule has 8 heteroatoms. The summed E-state index contributed by atoms with van der Waals surface area (Å²) in [6.45, 7) is 0.